The van der Waals surface area contributed by atoms with E-state index in [0.717, 1.165) is 5.52 Å². The number of primary sulfonamides is 1. The molecular weight excluding hydrogens is 440 g/mol. The van der Waals surface area contributed by atoms with Gasteiger partial charge in [0, 0.05) is 18.3 Å². The molecule has 0 aliphatic carbocycles. The number of sulfonamides is 1. The van der Waals surface area contributed by atoms with Crippen molar-refractivity contribution in [1.82, 2.24) is 9.55 Å². The van der Waals surface area contributed by atoms with Crippen molar-refractivity contribution in [2.75, 3.05) is 18.5 Å². The third-order valence-electron chi connectivity index (χ3n) is 4.79. The fraction of sp³-hybridized carbons (Fsp3) is 0.300. The zero-order chi connectivity index (χ0) is 22.2. The molecule has 3 N–H and O–H groups in total. The van der Waals surface area contributed by atoms with E-state index in [1.54, 1.807) is 31.2 Å². The molecule has 0 fully saturated rings. The lowest BCUT2D eigenvalue weighted by molar-refractivity contribution is -0.115. The van der Waals surface area contributed by atoms with Gasteiger partial charge in [0.05, 0.1) is 21.2 Å². The molecule has 164 valence electrons. The van der Waals surface area contributed by atoms with Crippen molar-refractivity contribution in [2.24, 2.45) is 5.14 Å². The SMILES string of the molecule is CCn1c(SC(C)C(=O)Nc2ccc3c(c2)OCCO3)nc2cc(S(N)(=O)=O)ccc21. The van der Waals surface area contributed by atoms with Crippen molar-refractivity contribution in [3.63, 3.8) is 0 Å². The Hall–Kier alpha value is -2.76. The molecule has 2 heterocycles. The molecule has 1 aliphatic rings. The van der Waals surface area contributed by atoms with Crippen LogP contribution in [0.3, 0.4) is 0 Å². The van der Waals surface area contributed by atoms with Crippen LogP contribution in [0.15, 0.2) is 46.5 Å². The van der Waals surface area contributed by atoms with Gasteiger partial charge in [-0.05, 0) is 44.2 Å². The van der Waals surface area contributed by atoms with E-state index in [9.17, 15) is 13.2 Å². The van der Waals surface area contributed by atoms with Crippen LogP contribution < -0.4 is 19.9 Å². The van der Waals surface area contributed by atoms with Gasteiger partial charge >= 0.3 is 0 Å². The van der Waals surface area contributed by atoms with Crippen LogP contribution in [0.2, 0.25) is 0 Å². The number of nitrogens with one attached hydrogen (secondary N) is 1. The first-order chi connectivity index (χ1) is 14.8. The van der Waals surface area contributed by atoms with Gasteiger partial charge in [-0.25, -0.2) is 18.5 Å². The second-order valence-electron chi connectivity index (χ2n) is 6.94. The molecule has 31 heavy (non-hydrogen) atoms. The summed E-state index contributed by atoms with van der Waals surface area (Å²) in [5, 5.41) is 8.28. The molecule has 1 aliphatic heterocycles. The number of thioether (sulfide) groups is 1. The number of aromatic nitrogens is 2. The second kappa shape index (κ2) is 8.40. The standard InChI is InChI=1S/C20H22N4O5S2/c1-3-24-16-6-5-14(31(21,26)27)11-15(16)23-20(24)30-12(2)19(25)22-13-4-7-17-18(10-13)29-9-8-28-17/h4-7,10-12H,3,8-9H2,1-2H3,(H,22,25)(H2,21,26,27). The summed E-state index contributed by atoms with van der Waals surface area (Å²) in [6.45, 7) is 5.33. The second-order valence-corrected chi connectivity index (χ2v) is 9.81. The highest BCUT2D eigenvalue weighted by Crippen LogP contribution is 2.33. The highest BCUT2D eigenvalue weighted by Gasteiger charge is 2.21. The molecule has 0 radical (unpaired) electrons. The number of ether oxygens (including phenoxy) is 2. The number of amides is 1. The molecule has 1 unspecified atom stereocenters. The van der Waals surface area contributed by atoms with E-state index in [2.05, 4.69) is 10.3 Å². The van der Waals surface area contributed by atoms with Gasteiger partial charge in [0.2, 0.25) is 15.9 Å². The van der Waals surface area contributed by atoms with Crippen molar-refractivity contribution in [3.05, 3.63) is 36.4 Å². The first-order valence-electron chi connectivity index (χ1n) is 9.66. The number of rotatable bonds is 6. The summed E-state index contributed by atoms with van der Waals surface area (Å²) in [6, 6.07) is 9.84. The predicted molar refractivity (Wildman–Crippen MR) is 118 cm³/mol. The minimum Gasteiger partial charge on any atom is -0.486 e. The molecule has 0 saturated carbocycles. The Balaban J connectivity index is 1.53. The lowest BCUT2D eigenvalue weighted by Gasteiger charge is -2.19. The van der Waals surface area contributed by atoms with Crippen molar-refractivity contribution < 1.29 is 22.7 Å². The minimum atomic E-state index is -3.82. The maximum Gasteiger partial charge on any atom is 0.238 e. The third-order valence-corrected chi connectivity index (χ3v) is 6.79. The van der Waals surface area contributed by atoms with Crippen molar-refractivity contribution in [2.45, 2.75) is 35.7 Å². The zero-order valence-corrected chi connectivity index (χ0v) is 18.6. The summed E-state index contributed by atoms with van der Waals surface area (Å²) < 4.78 is 36.3. The van der Waals surface area contributed by atoms with E-state index in [-0.39, 0.29) is 10.8 Å². The van der Waals surface area contributed by atoms with Crippen LogP contribution in [-0.2, 0) is 21.4 Å². The fourth-order valence-electron chi connectivity index (χ4n) is 3.24. The van der Waals surface area contributed by atoms with E-state index in [4.69, 9.17) is 14.6 Å². The molecule has 11 heteroatoms. The van der Waals surface area contributed by atoms with Crippen molar-refractivity contribution in [1.29, 1.82) is 0 Å². The van der Waals surface area contributed by atoms with Gasteiger partial charge in [-0.2, -0.15) is 0 Å². The number of carbonyl (C=O) groups is 1. The number of benzene rings is 2. The van der Waals surface area contributed by atoms with Crippen LogP contribution in [0.5, 0.6) is 11.5 Å². The van der Waals surface area contributed by atoms with Crippen LogP contribution in [-0.4, -0.2) is 42.3 Å². The smallest absolute Gasteiger partial charge is 0.238 e. The summed E-state index contributed by atoms with van der Waals surface area (Å²) in [5.41, 5.74) is 1.90. The molecule has 3 aromatic rings. The highest BCUT2D eigenvalue weighted by molar-refractivity contribution is 8.00. The largest absolute Gasteiger partial charge is 0.486 e. The Labute approximate surface area is 184 Å². The van der Waals surface area contributed by atoms with Crippen LogP contribution in [0.1, 0.15) is 13.8 Å². The number of fused-ring (bicyclic) bond motifs is 2. The number of anilines is 1. The van der Waals surface area contributed by atoms with Crippen molar-refractivity contribution >= 4 is 44.4 Å². The molecule has 0 saturated heterocycles. The lowest BCUT2D eigenvalue weighted by Crippen LogP contribution is -2.23. The minimum absolute atomic E-state index is 0.00158. The van der Waals surface area contributed by atoms with Crippen molar-refractivity contribution in [3.8, 4) is 11.5 Å². The molecule has 1 aromatic heterocycles. The Morgan fingerprint density at radius 3 is 2.68 bits per heavy atom. The average Bonchev–Trinajstić information content (AvgIpc) is 3.09. The number of hydrogen-bond acceptors (Lipinski definition) is 7. The molecule has 1 atom stereocenters. The van der Waals surface area contributed by atoms with Gasteiger partial charge < -0.3 is 19.4 Å². The predicted octanol–water partition coefficient (Wildman–Crippen LogP) is 2.59. The van der Waals surface area contributed by atoms with E-state index >= 15 is 0 Å². The van der Waals surface area contributed by atoms with E-state index in [1.165, 1.54) is 23.9 Å². The quantitative estimate of drug-likeness (QED) is 0.539. The number of nitrogens with zero attached hydrogens (tertiary/aromatic N) is 2. The summed E-state index contributed by atoms with van der Waals surface area (Å²) in [5.74, 6) is 1.06. The number of imidazole rings is 1. The first kappa shape index (κ1) is 21.5. The monoisotopic (exact) mass is 462 g/mol. The number of hydrogen-bond donors (Lipinski definition) is 2. The maximum absolute atomic E-state index is 12.7. The fourth-order valence-corrected chi connectivity index (χ4v) is 4.76. The normalized spacial score (nSPS) is 14.4. The maximum atomic E-state index is 12.7. The van der Waals surface area contributed by atoms with Gasteiger partial charge in [-0.3, -0.25) is 4.79 Å². The topological polar surface area (TPSA) is 126 Å². The Morgan fingerprint density at radius 2 is 1.97 bits per heavy atom. The third kappa shape index (κ3) is 4.48. The molecule has 9 nitrogen and oxygen atoms in total. The van der Waals surface area contributed by atoms with Gasteiger partial charge in [0.1, 0.15) is 13.2 Å². The molecule has 2 aromatic carbocycles. The molecule has 1 amide bonds. The van der Waals surface area contributed by atoms with Gasteiger partial charge in [-0.15, -0.1) is 0 Å². The van der Waals surface area contributed by atoms with Gasteiger partial charge in [0.15, 0.2) is 16.7 Å². The van der Waals surface area contributed by atoms with E-state index < -0.39 is 15.3 Å². The van der Waals surface area contributed by atoms with Crippen LogP contribution in [0.4, 0.5) is 5.69 Å². The Kier molecular flexibility index (Phi) is 5.82. The molecule has 4 rings (SSSR count). The van der Waals surface area contributed by atoms with E-state index in [1.807, 2.05) is 11.5 Å². The summed E-state index contributed by atoms with van der Waals surface area (Å²) >= 11 is 1.29. The van der Waals surface area contributed by atoms with Gasteiger partial charge in [-0.1, -0.05) is 11.8 Å². The summed E-state index contributed by atoms with van der Waals surface area (Å²) in [7, 11) is -3.82. The molecular formula is C20H22N4O5S2. The van der Waals surface area contributed by atoms with E-state index in [0.29, 0.717) is 47.6 Å². The van der Waals surface area contributed by atoms with Crippen LogP contribution >= 0.6 is 11.8 Å². The molecule has 0 spiro atoms. The average molecular weight is 463 g/mol. The summed E-state index contributed by atoms with van der Waals surface area (Å²) in [4.78, 5) is 17.3. The van der Waals surface area contributed by atoms with Gasteiger partial charge in [0.25, 0.3) is 0 Å². The van der Waals surface area contributed by atoms with Crippen LogP contribution in [0, 0.1) is 0 Å². The number of carbonyl (C=O) groups excluding carboxylic acids is 1. The zero-order valence-electron chi connectivity index (χ0n) is 17.0. The Bertz CT molecular complexity index is 1260. The Morgan fingerprint density at radius 1 is 1.23 bits per heavy atom. The van der Waals surface area contributed by atoms with Crippen LogP contribution in [0.25, 0.3) is 11.0 Å². The molecule has 0 bridgehead atoms. The lowest BCUT2D eigenvalue weighted by atomic mass is 10.2. The highest BCUT2D eigenvalue weighted by atomic mass is 32.2. The first-order valence-corrected chi connectivity index (χ1v) is 12.1. The number of aryl methyl sites for hydroxylation is 1. The number of nitrogens with two attached hydrogens (primary N) is 1. The summed E-state index contributed by atoms with van der Waals surface area (Å²) in [6.07, 6.45) is 0.